The van der Waals surface area contributed by atoms with Gasteiger partial charge in [0, 0.05) is 16.4 Å². The van der Waals surface area contributed by atoms with E-state index in [0.717, 1.165) is 0 Å². The monoisotopic (exact) mass is 308 g/mol. The maximum absolute atomic E-state index is 13.1. The van der Waals surface area contributed by atoms with Crippen molar-refractivity contribution in [3.05, 3.63) is 58.1 Å². The Labute approximate surface area is 112 Å². The Hall–Kier alpha value is -1.75. The van der Waals surface area contributed by atoms with Gasteiger partial charge in [0.1, 0.15) is 11.5 Å². The summed E-state index contributed by atoms with van der Waals surface area (Å²) in [7, 11) is 0. The summed E-state index contributed by atoms with van der Waals surface area (Å²) in [5.41, 5.74) is 1.31. The molecule has 0 radical (unpaired) electrons. The third kappa shape index (κ3) is 2.73. The van der Waals surface area contributed by atoms with Crippen LogP contribution in [-0.2, 0) is 0 Å². The summed E-state index contributed by atoms with van der Waals surface area (Å²) >= 11 is 3.25. The second-order valence-corrected chi connectivity index (χ2v) is 4.61. The average Bonchev–Trinajstić information content (AvgIpc) is 2.34. The van der Waals surface area contributed by atoms with Crippen LogP contribution in [0.25, 0.3) is 0 Å². The van der Waals surface area contributed by atoms with Gasteiger partial charge >= 0.3 is 0 Å². The predicted octanol–water partition coefficient (Wildman–Crippen LogP) is 3.54. The Morgan fingerprint density at radius 2 is 2.17 bits per heavy atom. The fraction of sp³-hybridized carbons (Fsp3) is 0.0769. The number of hydrogen-bond acceptors (Lipinski definition) is 2. The minimum atomic E-state index is -0.339. The van der Waals surface area contributed by atoms with Gasteiger partial charge in [-0.3, -0.25) is 4.79 Å². The molecule has 1 heterocycles. The van der Waals surface area contributed by atoms with Crippen molar-refractivity contribution in [1.29, 1.82) is 0 Å². The highest BCUT2D eigenvalue weighted by Gasteiger charge is 2.11. The van der Waals surface area contributed by atoms with E-state index in [9.17, 15) is 9.18 Å². The molecule has 2 aromatic rings. The van der Waals surface area contributed by atoms with Crippen LogP contribution in [0.2, 0.25) is 0 Å². The molecular formula is C13H10BrFN2O. The van der Waals surface area contributed by atoms with Gasteiger partial charge in [0.15, 0.2) is 0 Å². The first kappa shape index (κ1) is 12.7. The third-order valence-corrected chi connectivity index (χ3v) is 3.03. The summed E-state index contributed by atoms with van der Waals surface area (Å²) in [5.74, 6) is -0.638. The topological polar surface area (TPSA) is 42.0 Å². The van der Waals surface area contributed by atoms with E-state index >= 15 is 0 Å². The second kappa shape index (κ2) is 5.27. The summed E-state index contributed by atoms with van der Waals surface area (Å²) in [6, 6.07) is 7.86. The lowest BCUT2D eigenvalue weighted by Crippen LogP contribution is -2.14. The summed E-state index contributed by atoms with van der Waals surface area (Å²) in [5, 5.41) is 2.67. The van der Waals surface area contributed by atoms with Crippen LogP contribution in [0.3, 0.4) is 0 Å². The first-order chi connectivity index (χ1) is 8.58. The molecule has 0 aliphatic rings. The van der Waals surface area contributed by atoms with E-state index in [2.05, 4.69) is 26.2 Å². The maximum Gasteiger partial charge on any atom is 0.275 e. The van der Waals surface area contributed by atoms with Gasteiger partial charge in [-0.25, -0.2) is 9.37 Å². The van der Waals surface area contributed by atoms with Gasteiger partial charge in [-0.1, -0.05) is 0 Å². The molecule has 0 aliphatic carbocycles. The molecule has 0 atom stereocenters. The normalized spacial score (nSPS) is 10.2. The maximum atomic E-state index is 13.1. The van der Waals surface area contributed by atoms with Crippen LogP contribution in [0.5, 0.6) is 0 Å². The van der Waals surface area contributed by atoms with Gasteiger partial charge in [-0.2, -0.15) is 0 Å². The molecule has 0 spiro atoms. The van der Waals surface area contributed by atoms with Crippen LogP contribution in [0, 0.1) is 12.7 Å². The molecule has 2 rings (SSSR count). The average molecular weight is 309 g/mol. The smallest absolute Gasteiger partial charge is 0.275 e. The summed E-state index contributed by atoms with van der Waals surface area (Å²) in [4.78, 5) is 15.9. The van der Waals surface area contributed by atoms with Gasteiger partial charge in [0.2, 0.25) is 0 Å². The molecule has 3 nitrogen and oxygen atoms in total. The number of benzene rings is 1. The number of anilines is 1. The van der Waals surface area contributed by atoms with Gasteiger partial charge in [-0.05, 0) is 58.7 Å². The molecule has 0 unspecified atom stereocenters. The highest BCUT2D eigenvalue weighted by molar-refractivity contribution is 9.10. The first-order valence-electron chi connectivity index (χ1n) is 5.26. The quantitative estimate of drug-likeness (QED) is 0.922. The van der Waals surface area contributed by atoms with Crippen LogP contribution in [0.15, 0.2) is 41.0 Å². The molecule has 0 fully saturated rings. The van der Waals surface area contributed by atoms with E-state index in [0.29, 0.717) is 21.4 Å². The Balaban J connectivity index is 2.22. The van der Waals surface area contributed by atoms with Crippen molar-refractivity contribution in [2.45, 2.75) is 6.92 Å². The number of amides is 1. The largest absolute Gasteiger partial charge is 0.321 e. The second-order valence-electron chi connectivity index (χ2n) is 3.75. The zero-order valence-corrected chi connectivity index (χ0v) is 11.2. The molecular weight excluding hydrogens is 299 g/mol. The van der Waals surface area contributed by atoms with Crippen molar-refractivity contribution in [3.63, 3.8) is 0 Å². The molecule has 5 heteroatoms. The number of carbonyl (C=O) groups is 1. The van der Waals surface area contributed by atoms with Gasteiger partial charge in [-0.15, -0.1) is 0 Å². The van der Waals surface area contributed by atoms with Gasteiger partial charge in [0.25, 0.3) is 5.91 Å². The number of nitrogens with zero attached hydrogens (tertiary/aromatic N) is 1. The van der Waals surface area contributed by atoms with E-state index in [1.165, 1.54) is 18.3 Å². The lowest BCUT2D eigenvalue weighted by atomic mass is 10.2. The highest BCUT2D eigenvalue weighted by Crippen LogP contribution is 2.17. The van der Waals surface area contributed by atoms with Crippen molar-refractivity contribution in [2.24, 2.45) is 0 Å². The minimum Gasteiger partial charge on any atom is -0.321 e. The van der Waals surface area contributed by atoms with Crippen molar-refractivity contribution in [1.82, 2.24) is 4.98 Å². The molecule has 1 amide bonds. The Morgan fingerprint density at radius 3 is 2.83 bits per heavy atom. The van der Waals surface area contributed by atoms with E-state index in [1.807, 2.05) is 0 Å². The van der Waals surface area contributed by atoms with Crippen LogP contribution >= 0.6 is 15.9 Å². The number of halogens is 2. The van der Waals surface area contributed by atoms with Crippen LogP contribution < -0.4 is 5.32 Å². The van der Waals surface area contributed by atoms with Crippen LogP contribution in [-0.4, -0.2) is 10.9 Å². The Bertz CT molecular complexity index is 601. The fourth-order valence-corrected chi connectivity index (χ4v) is 1.90. The van der Waals surface area contributed by atoms with Crippen molar-refractivity contribution >= 4 is 27.5 Å². The Morgan fingerprint density at radius 1 is 1.39 bits per heavy atom. The number of pyridine rings is 1. The number of rotatable bonds is 2. The van der Waals surface area contributed by atoms with Gasteiger partial charge < -0.3 is 5.32 Å². The molecule has 92 valence electrons. The van der Waals surface area contributed by atoms with Crippen molar-refractivity contribution < 1.29 is 9.18 Å². The number of carbonyl (C=O) groups excluding carboxylic acids is 1. The minimum absolute atomic E-state index is 0.291. The molecule has 1 aromatic heterocycles. The highest BCUT2D eigenvalue weighted by atomic mass is 79.9. The lowest BCUT2D eigenvalue weighted by molar-refractivity contribution is 0.102. The molecule has 0 bridgehead atoms. The SMILES string of the molecule is Cc1cc(NC(=O)c2ncccc2Br)ccc1F. The molecule has 1 aromatic carbocycles. The van der Waals surface area contributed by atoms with Crippen molar-refractivity contribution in [3.8, 4) is 0 Å². The number of hydrogen-bond donors (Lipinski definition) is 1. The molecule has 18 heavy (non-hydrogen) atoms. The molecule has 0 aliphatic heterocycles. The summed E-state index contributed by atoms with van der Waals surface area (Å²) in [6.07, 6.45) is 1.54. The van der Waals surface area contributed by atoms with Crippen LogP contribution in [0.4, 0.5) is 10.1 Å². The molecule has 0 saturated heterocycles. The standard InChI is InChI=1S/C13H10BrFN2O/c1-8-7-9(4-5-11(8)15)17-13(18)12-10(14)3-2-6-16-12/h2-7H,1H3,(H,17,18). The summed E-state index contributed by atoms with van der Waals surface area (Å²) in [6.45, 7) is 1.64. The van der Waals surface area contributed by atoms with Crippen LogP contribution in [0.1, 0.15) is 16.1 Å². The number of nitrogens with one attached hydrogen (secondary N) is 1. The number of aromatic nitrogens is 1. The summed E-state index contributed by atoms with van der Waals surface area (Å²) < 4.78 is 13.7. The van der Waals surface area contributed by atoms with E-state index in [4.69, 9.17) is 0 Å². The first-order valence-corrected chi connectivity index (χ1v) is 6.05. The fourth-order valence-electron chi connectivity index (χ4n) is 1.47. The predicted molar refractivity (Wildman–Crippen MR) is 71.0 cm³/mol. The lowest BCUT2D eigenvalue weighted by Gasteiger charge is -2.07. The van der Waals surface area contributed by atoms with E-state index < -0.39 is 0 Å². The zero-order valence-electron chi connectivity index (χ0n) is 9.58. The van der Waals surface area contributed by atoms with Crippen molar-refractivity contribution in [2.75, 3.05) is 5.32 Å². The van der Waals surface area contributed by atoms with E-state index in [1.54, 1.807) is 25.1 Å². The third-order valence-electron chi connectivity index (χ3n) is 2.39. The number of aryl methyl sites for hydroxylation is 1. The zero-order chi connectivity index (χ0) is 13.1. The van der Waals surface area contributed by atoms with Gasteiger partial charge in [0.05, 0.1) is 0 Å². The van der Waals surface area contributed by atoms with E-state index in [-0.39, 0.29) is 11.7 Å². The Kier molecular flexibility index (Phi) is 3.72. The molecule has 1 N–H and O–H groups in total. The molecule has 0 saturated carbocycles.